The van der Waals surface area contributed by atoms with Crippen LogP contribution in [0.2, 0.25) is 0 Å². The summed E-state index contributed by atoms with van der Waals surface area (Å²) in [6.45, 7) is 1.73. The van der Waals surface area contributed by atoms with Crippen LogP contribution in [0.3, 0.4) is 0 Å². The molecule has 0 spiro atoms. The van der Waals surface area contributed by atoms with Crippen LogP contribution in [0.5, 0.6) is 0 Å². The van der Waals surface area contributed by atoms with Crippen molar-refractivity contribution in [1.82, 2.24) is 0 Å². The molecule has 0 heterocycles. The molecule has 0 aliphatic heterocycles. The Balaban J connectivity index is 3.75. The summed E-state index contributed by atoms with van der Waals surface area (Å²) in [6, 6.07) is 0. The van der Waals surface area contributed by atoms with Gasteiger partial charge in [-0.1, -0.05) is 18.5 Å². The van der Waals surface area contributed by atoms with Crippen LogP contribution in [-0.4, -0.2) is 0 Å². The van der Waals surface area contributed by atoms with Crippen molar-refractivity contribution < 1.29 is 0 Å². The average Bonchev–Trinajstić information content (AvgIpc) is 1.81. The summed E-state index contributed by atoms with van der Waals surface area (Å²) in [4.78, 5) is 0. The Morgan fingerprint density at radius 3 is 2.12 bits per heavy atom. The van der Waals surface area contributed by atoms with Crippen molar-refractivity contribution in [3.05, 3.63) is 0 Å². The lowest BCUT2D eigenvalue weighted by Crippen LogP contribution is -1.47. The van der Waals surface area contributed by atoms with Gasteiger partial charge < -0.3 is 0 Å². The Kier molecular flexibility index (Phi) is 5.30. The van der Waals surface area contributed by atoms with Crippen LogP contribution in [0.1, 0.15) is 6.92 Å². The van der Waals surface area contributed by atoms with Crippen molar-refractivity contribution in [1.29, 1.82) is 0 Å². The predicted molar refractivity (Wildman–Crippen MR) is 38.0 cm³/mol. The number of thiol groups is 1. The van der Waals surface area contributed by atoms with E-state index < -0.39 is 0 Å². The summed E-state index contributed by atoms with van der Waals surface area (Å²) in [5.41, 5.74) is 0. The van der Waals surface area contributed by atoms with E-state index >= 15 is 0 Å². The van der Waals surface area contributed by atoms with Crippen LogP contribution in [0.4, 0.5) is 0 Å². The molecule has 0 aromatic heterocycles. The van der Waals surface area contributed by atoms with Gasteiger partial charge in [-0.2, -0.15) is 0 Å². The summed E-state index contributed by atoms with van der Waals surface area (Å²) in [7, 11) is 0. The van der Waals surface area contributed by atoms with Crippen molar-refractivity contribution in [2.75, 3.05) is 0 Å². The molecule has 0 aliphatic carbocycles. The van der Waals surface area contributed by atoms with E-state index in [1.165, 1.54) is 0 Å². The molecule has 0 bridgehead atoms. The lowest BCUT2D eigenvalue weighted by Gasteiger charge is -1.51. The van der Waals surface area contributed by atoms with Gasteiger partial charge in [0.15, 0.2) is 0 Å². The molecule has 0 aromatic rings. The zero-order valence-corrected chi connectivity index (χ0v) is 5.34. The molecular formula is C7H4S. The molecule has 1 heteroatoms. The minimum absolute atomic E-state index is 1.73. The summed E-state index contributed by atoms with van der Waals surface area (Å²) >= 11 is 3.61. The fraction of sp³-hybridized carbons (Fsp3) is 0.143. The molecule has 0 aliphatic rings. The third kappa shape index (κ3) is 5.03. The van der Waals surface area contributed by atoms with Gasteiger partial charge in [0.25, 0.3) is 0 Å². The van der Waals surface area contributed by atoms with Crippen molar-refractivity contribution >= 4 is 12.6 Å². The summed E-state index contributed by atoms with van der Waals surface area (Å²) in [6.07, 6.45) is 0. The van der Waals surface area contributed by atoms with Gasteiger partial charge in [0, 0.05) is 0 Å². The fourth-order valence-electron chi connectivity index (χ4n) is 0.153. The maximum atomic E-state index is 3.61. The first-order valence-electron chi connectivity index (χ1n) is 1.97. The third-order valence-corrected chi connectivity index (χ3v) is 0.480. The van der Waals surface area contributed by atoms with Gasteiger partial charge in [-0.3, -0.25) is 0 Å². The molecule has 0 saturated carbocycles. The Hall–Kier alpha value is -0.970. The highest BCUT2D eigenvalue weighted by atomic mass is 32.1. The monoisotopic (exact) mass is 120 g/mol. The van der Waals surface area contributed by atoms with E-state index in [1.807, 2.05) is 0 Å². The van der Waals surface area contributed by atoms with E-state index in [4.69, 9.17) is 0 Å². The minimum Gasteiger partial charge on any atom is -0.0925 e. The lowest BCUT2D eigenvalue weighted by atomic mass is 10.5. The van der Waals surface area contributed by atoms with E-state index in [0.717, 1.165) is 0 Å². The van der Waals surface area contributed by atoms with Crippen molar-refractivity contribution in [2.45, 2.75) is 6.92 Å². The van der Waals surface area contributed by atoms with Gasteiger partial charge in [0.05, 0.1) is 0 Å². The third-order valence-electron chi connectivity index (χ3n) is 0.368. The SMILES string of the molecule is CC#CC#CC#CS. The molecule has 0 saturated heterocycles. The maximum Gasteiger partial charge on any atom is -0.000170 e. The van der Waals surface area contributed by atoms with E-state index in [0.29, 0.717) is 0 Å². The highest BCUT2D eigenvalue weighted by Gasteiger charge is 1.48. The average molecular weight is 120 g/mol. The second kappa shape index (κ2) is 6.03. The van der Waals surface area contributed by atoms with Crippen molar-refractivity contribution in [3.63, 3.8) is 0 Å². The number of hydrogen-bond acceptors (Lipinski definition) is 1. The van der Waals surface area contributed by atoms with Crippen LogP contribution >= 0.6 is 12.6 Å². The van der Waals surface area contributed by atoms with Crippen LogP contribution in [-0.2, 0) is 0 Å². The summed E-state index contributed by atoms with van der Waals surface area (Å²) < 4.78 is 0. The zero-order valence-electron chi connectivity index (χ0n) is 4.45. The quantitative estimate of drug-likeness (QED) is 0.356. The first kappa shape index (κ1) is 7.03. The van der Waals surface area contributed by atoms with Crippen LogP contribution in [0, 0.1) is 34.9 Å². The lowest BCUT2D eigenvalue weighted by molar-refractivity contribution is 1.92. The van der Waals surface area contributed by atoms with Crippen LogP contribution in [0.25, 0.3) is 0 Å². The topological polar surface area (TPSA) is 0 Å². The van der Waals surface area contributed by atoms with Crippen LogP contribution in [0.15, 0.2) is 0 Å². The molecule has 0 radical (unpaired) electrons. The largest absolute Gasteiger partial charge is 0.0925 e. The van der Waals surface area contributed by atoms with E-state index in [2.05, 4.69) is 47.5 Å². The Bertz CT molecular complexity index is 194. The van der Waals surface area contributed by atoms with Crippen molar-refractivity contribution in [2.24, 2.45) is 0 Å². The first-order chi connectivity index (χ1) is 3.91. The molecule has 0 rings (SSSR count). The van der Waals surface area contributed by atoms with E-state index in [1.54, 1.807) is 6.92 Å². The molecule has 0 unspecified atom stereocenters. The molecular weight excluding hydrogens is 116 g/mol. The molecule has 8 heavy (non-hydrogen) atoms. The number of hydrogen-bond donors (Lipinski definition) is 1. The maximum absolute atomic E-state index is 3.61. The predicted octanol–water partition coefficient (Wildman–Crippen LogP) is 0.904. The molecule has 0 atom stereocenters. The highest BCUT2D eigenvalue weighted by Crippen LogP contribution is 1.58. The van der Waals surface area contributed by atoms with Crippen LogP contribution < -0.4 is 0 Å². The van der Waals surface area contributed by atoms with E-state index in [-0.39, 0.29) is 0 Å². The Morgan fingerprint density at radius 1 is 1.00 bits per heavy atom. The molecule has 0 amide bonds. The van der Waals surface area contributed by atoms with E-state index in [9.17, 15) is 0 Å². The van der Waals surface area contributed by atoms with Gasteiger partial charge in [-0.05, 0) is 35.9 Å². The van der Waals surface area contributed by atoms with Crippen molar-refractivity contribution in [3.8, 4) is 34.9 Å². The first-order valence-corrected chi connectivity index (χ1v) is 2.42. The minimum atomic E-state index is 1.73. The second-order valence-corrected chi connectivity index (χ2v) is 1.09. The number of rotatable bonds is 0. The summed E-state index contributed by atoms with van der Waals surface area (Å²) in [5, 5.41) is 2.33. The molecule has 0 aromatic carbocycles. The second-order valence-electron chi connectivity index (χ2n) is 0.862. The normalized spacial score (nSPS) is 3.75. The van der Waals surface area contributed by atoms with Gasteiger partial charge in [-0.25, -0.2) is 0 Å². The van der Waals surface area contributed by atoms with Gasteiger partial charge in [0.2, 0.25) is 0 Å². The zero-order chi connectivity index (χ0) is 6.24. The summed E-state index contributed by atoms with van der Waals surface area (Å²) in [5.74, 6) is 12.6. The van der Waals surface area contributed by atoms with Gasteiger partial charge in [-0.15, -0.1) is 0 Å². The standard InChI is InChI=1S/C7H4S/c1-2-3-4-5-6-7-8/h8H,1H3. The molecule has 0 nitrogen and oxygen atoms in total. The Labute approximate surface area is 55.1 Å². The van der Waals surface area contributed by atoms with Gasteiger partial charge in [0.1, 0.15) is 0 Å². The van der Waals surface area contributed by atoms with Gasteiger partial charge >= 0.3 is 0 Å². The highest BCUT2D eigenvalue weighted by molar-refractivity contribution is 7.85. The molecule has 0 N–H and O–H groups in total. The fourth-order valence-corrected chi connectivity index (χ4v) is 0.209. The molecule has 0 fully saturated rings. The smallest absolute Gasteiger partial charge is 0.000170 e. The Morgan fingerprint density at radius 2 is 1.62 bits per heavy atom. The molecule has 38 valence electrons.